The van der Waals surface area contributed by atoms with E-state index in [2.05, 4.69) is 17.6 Å². The van der Waals surface area contributed by atoms with Crippen LogP contribution in [-0.2, 0) is 0 Å². The van der Waals surface area contributed by atoms with E-state index in [1.54, 1.807) is 0 Å². The topological polar surface area (TPSA) is 24.1 Å². The van der Waals surface area contributed by atoms with Gasteiger partial charge in [0.1, 0.15) is 0 Å². The Balaban J connectivity index is 0.000000354. The van der Waals surface area contributed by atoms with Gasteiger partial charge in [-0.25, -0.2) is 0 Å². The first-order valence-corrected chi connectivity index (χ1v) is 5.14. The Kier molecular flexibility index (Phi) is 8.95. The van der Waals surface area contributed by atoms with Crippen molar-refractivity contribution in [3.63, 3.8) is 0 Å². The molecule has 12 heavy (non-hydrogen) atoms. The maximum absolute atomic E-state index is 3.37. The molecule has 0 bridgehead atoms. The van der Waals surface area contributed by atoms with Crippen LogP contribution in [0, 0.1) is 5.92 Å². The summed E-state index contributed by atoms with van der Waals surface area (Å²) in [6.45, 7) is 4.79. The highest BCUT2D eigenvalue weighted by Crippen LogP contribution is 2.16. The molecule has 0 saturated carbocycles. The van der Waals surface area contributed by atoms with Crippen molar-refractivity contribution >= 4 is 0 Å². The third-order valence-electron chi connectivity index (χ3n) is 2.16. The van der Waals surface area contributed by atoms with E-state index in [9.17, 15) is 0 Å². The second kappa shape index (κ2) is 9.01. The Morgan fingerprint density at radius 1 is 1.25 bits per heavy atom. The van der Waals surface area contributed by atoms with Crippen molar-refractivity contribution in [2.45, 2.75) is 32.6 Å². The second-order valence-corrected chi connectivity index (χ2v) is 3.48. The van der Waals surface area contributed by atoms with Crippen molar-refractivity contribution in [3.05, 3.63) is 0 Å². The summed E-state index contributed by atoms with van der Waals surface area (Å²) >= 11 is 0. The predicted molar refractivity (Wildman–Crippen MR) is 55.5 cm³/mol. The van der Waals surface area contributed by atoms with Crippen LogP contribution in [0.1, 0.15) is 32.6 Å². The van der Waals surface area contributed by atoms with Crippen LogP contribution >= 0.6 is 0 Å². The average molecular weight is 172 g/mol. The van der Waals surface area contributed by atoms with Crippen LogP contribution in [-0.4, -0.2) is 27.2 Å². The van der Waals surface area contributed by atoms with E-state index in [0.717, 1.165) is 5.92 Å². The van der Waals surface area contributed by atoms with Crippen molar-refractivity contribution in [2.75, 3.05) is 27.2 Å². The molecule has 0 atom stereocenters. The average Bonchev–Trinajstić information content (AvgIpc) is 2.08. The first-order chi connectivity index (χ1) is 5.85. The molecule has 0 aliphatic carbocycles. The highest BCUT2D eigenvalue weighted by atomic mass is 14.9. The lowest BCUT2D eigenvalue weighted by Crippen LogP contribution is -2.27. The van der Waals surface area contributed by atoms with Gasteiger partial charge in [0.15, 0.2) is 0 Å². The molecule has 0 aromatic carbocycles. The van der Waals surface area contributed by atoms with Crippen LogP contribution in [0.4, 0.5) is 0 Å². The first kappa shape index (κ1) is 11.9. The van der Waals surface area contributed by atoms with Gasteiger partial charge in [-0.15, -0.1) is 0 Å². The molecule has 1 rings (SSSR count). The molecule has 2 N–H and O–H groups in total. The van der Waals surface area contributed by atoms with Gasteiger partial charge in [-0.2, -0.15) is 0 Å². The van der Waals surface area contributed by atoms with Gasteiger partial charge in [0.05, 0.1) is 0 Å². The molecular weight excluding hydrogens is 148 g/mol. The lowest BCUT2D eigenvalue weighted by atomic mass is 9.94. The molecule has 1 heterocycles. The summed E-state index contributed by atoms with van der Waals surface area (Å²) in [5, 5.41) is 6.12. The van der Waals surface area contributed by atoms with Gasteiger partial charge in [-0.1, -0.05) is 19.8 Å². The zero-order valence-electron chi connectivity index (χ0n) is 8.82. The van der Waals surface area contributed by atoms with Gasteiger partial charge in [0.2, 0.25) is 0 Å². The molecule has 1 saturated heterocycles. The molecule has 0 radical (unpaired) electrons. The molecule has 0 spiro atoms. The normalized spacial score (nSPS) is 18.2. The van der Waals surface area contributed by atoms with Crippen LogP contribution in [0.3, 0.4) is 0 Å². The van der Waals surface area contributed by atoms with Gasteiger partial charge in [-0.05, 0) is 45.9 Å². The van der Waals surface area contributed by atoms with Crippen LogP contribution in [0.15, 0.2) is 0 Å². The Bertz CT molecular complexity index is 75.2. The van der Waals surface area contributed by atoms with E-state index in [0.29, 0.717) is 0 Å². The third kappa shape index (κ3) is 6.62. The molecule has 1 aliphatic rings. The molecule has 1 fully saturated rings. The fourth-order valence-corrected chi connectivity index (χ4v) is 1.58. The molecule has 2 nitrogen and oxygen atoms in total. The molecule has 0 aromatic heterocycles. The van der Waals surface area contributed by atoms with Gasteiger partial charge < -0.3 is 10.6 Å². The number of piperidine rings is 1. The summed E-state index contributed by atoms with van der Waals surface area (Å²) in [6.07, 6.45) is 5.63. The summed E-state index contributed by atoms with van der Waals surface area (Å²) < 4.78 is 0. The van der Waals surface area contributed by atoms with Gasteiger partial charge in [0, 0.05) is 0 Å². The quantitative estimate of drug-likeness (QED) is 0.661. The van der Waals surface area contributed by atoms with Gasteiger partial charge in [-0.3, -0.25) is 0 Å². The van der Waals surface area contributed by atoms with Gasteiger partial charge >= 0.3 is 0 Å². The highest BCUT2D eigenvalue weighted by Gasteiger charge is 2.10. The van der Waals surface area contributed by atoms with Crippen molar-refractivity contribution < 1.29 is 0 Å². The van der Waals surface area contributed by atoms with Gasteiger partial charge in [0.25, 0.3) is 0 Å². The molecule has 2 heteroatoms. The maximum Gasteiger partial charge on any atom is -0.00463 e. The number of hydrogen-bond donors (Lipinski definition) is 2. The van der Waals surface area contributed by atoms with E-state index in [1.165, 1.54) is 38.8 Å². The smallest absolute Gasteiger partial charge is 0.00463 e. The second-order valence-electron chi connectivity index (χ2n) is 3.48. The van der Waals surface area contributed by atoms with E-state index in [-0.39, 0.29) is 0 Å². The molecule has 74 valence electrons. The molecule has 0 unspecified atom stereocenters. The lowest BCUT2D eigenvalue weighted by Gasteiger charge is -2.21. The fourth-order valence-electron chi connectivity index (χ4n) is 1.58. The summed E-state index contributed by atoms with van der Waals surface area (Å²) in [6, 6.07) is 0. The standard InChI is InChI=1S/C8H17N.C2H7N/c1-2-3-8-4-6-9-7-5-8;1-3-2/h8-9H,2-7H2,1H3;3H,1-2H3. The monoisotopic (exact) mass is 172 g/mol. The zero-order valence-corrected chi connectivity index (χ0v) is 8.82. The SMILES string of the molecule is CCCC1CCNCC1.CNC. The molecule has 0 aromatic rings. The van der Waals surface area contributed by atoms with Crippen LogP contribution < -0.4 is 10.6 Å². The van der Waals surface area contributed by atoms with E-state index < -0.39 is 0 Å². The Labute approximate surface area is 77.1 Å². The maximum atomic E-state index is 3.37. The fraction of sp³-hybridized carbons (Fsp3) is 1.00. The first-order valence-electron chi connectivity index (χ1n) is 5.14. The number of nitrogens with one attached hydrogen (secondary N) is 2. The van der Waals surface area contributed by atoms with E-state index in [1.807, 2.05) is 14.1 Å². The minimum absolute atomic E-state index is 1.04. The molecule has 1 aliphatic heterocycles. The summed E-state index contributed by atoms with van der Waals surface area (Å²) in [4.78, 5) is 0. The highest BCUT2D eigenvalue weighted by molar-refractivity contribution is 4.67. The largest absolute Gasteiger partial charge is 0.323 e. The Morgan fingerprint density at radius 2 is 1.75 bits per heavy atom. The van der Waals surface area contributed by atoms with Crippen molar-refractivity contribution in [1.29, 1.82) is 0 Å². The predicted octanol–water partition coefficient (Wildman–Crippen LogP) is 1.62. The molecular formula is C10H24N2. The minimum Gasteiger partial charge on any atom is -0.323 e. The van der Waals surface area contributed by atoms with E-state index >= 15 is 0 Å². The van der Waals surface area contributed by atoms with Crippen molar-refractivity contribution in [1.82, 2.24) is 10.6 Å². The Hall–Kier alpha value is -0.0800. The number of hydrogen-bond acceptors (Lipinski definition) is 2. The summed E-state index contributed by atoms with van der Waals surface area (Å²) in [7, 11) is 3.75. The van der Waals surface area contributed by atoms with Crippen molar-refractivity contribution in [3.8, 4) is 0 Å². The van der Waals surface area contributed by atoms with Crippen LogP contribution in [0.2, 0.25) is 0 Å². The zero-order chi connectivity index (χ0) is 9.23. The third-order valence-corrected chi connectivity index (χ3v) is 2.16. The summed E-state index contributed by atoms with van der Waals surface area (Å²) in [5.41, 5.74) is 0. The van der Waals surface area contributed by atoms with Crippen LogP contribution in [0.25, 0.3) is 0 Å². The summed E-state index contributed by atoms with van der Waals surface area (Å²) in [5.74, 6) is 1.04. The molecule has 0 amide bonds. The van der Waals surface area contributed by atoms with Crippen molar-refractivity contribution in [2.24, 2.45) is 5.92 Å². The number of rotatable bonds is 2. The van der Waals surface area contributed by atoms with E-state index in [4.69, 9.17) is 0 Å². The Morgan fingerprint density at radius 3 is 2.17 bits per heavy atom. The lowest BCUT2D eigenvalue weighted by molar-refractivity contribution is 0.351. The van der Waals surface area contributed by atoms with Crippen LogP contribution in [0.5, 0.6) is 0 Å². The minimum atomic E-state index is 1.04.